The Labute approximate surface area is 192 Å². The zero-order valence-corrected chi connectivity index (χ0v) is 18.8. The highest BCUT2D eigenvalue weighted by Gasteiger charge is 2.47. The maximum atomic E-state index is 11.8. The van der Waals surface area contributed by atoms with Crippen LogP contribution in [0.25, 0.3) is 0 Å². The van der Waals surface area contributed by atoms with Gasteiger partial charge in [-0.05, 0) is 37.8 Å². The largest absolute Gasteiger partial charge is 0.354 e. The van der Waals surface area contributed by atoms with Gasteiger partial charge in [0.2, 0.25) is 5.95 Å². The number of piperazine rings is 1. The molecule has 2 aliphatic heterocycles. The molecule has 2 bridgehead atoms. The topological polar surface area (TPSA) is 110 Å². The Morgan fingerprint density at radius 2 is 1.97 bits per heavy atom. The van der Waals surface area contributed by atoms with Crippen molar-refractivity contribution in [2.24, 2.45) is 5.92 Å². The zero-order chi connectivity index (χ0) is 22.2. The van der Waals surface area contributed by atoms with Crippen molar-refractivity contribution >= 4 is 36.0 Å². The number of hydrogen-bond acceptors (Lipinski definition) is 9. The zero-order valence-electron chi connectivity index (χ0n) is 17.9. The molecule has 1 aliphatic carbocycles. The van der Waals surface area contributed by atoms with Gasteiger partial charge in [0, 0.05) is 55.3 Å². The quantitative estimate of drug-likeness (QED) is 0.595. The summed E-state index contributed by atoms with van der Waals surface area (Å²) in [6, 6.07) is 7.72. The van der Waals surface area contributed by atoms with E-state index in [0.29, 0.717) is 34.7 Å². The molecule has 0 spiro atoms. The van der Waals surface area contributed by atoms with E-state index in [1.165, 1.54) is 12.8 Å². The van der Waals surface area contributed by atoms with Crippen LogP contribution >= 0.6 is 12.6 Å². The summed E-state index contributed by atoms with van der Waals surface area (Å²) < 4.78 is 0. The highest BCUT2D eigenvalue weighted by Crippen LogP contribution is 2.41. The Kier molecular flexibility index (Phi) is 5.61. The van der Waals surface area contributed by atoms with Gasteiger partial charge in [0.25, 0.3) is 5.91 Å². The third-order valence-corrected chi connectivity index (χ3v) is 7.13. The molecule has 0 aromatic carbocycles. The average molecular weight is 451 g/mol. The predicted molar refractivity (Wildman–Crippen MR) is 123 cm³/mol. The summed E-state index contributed by atoms with van der Waals surface area (Å²) in [6.07, 6.45) is 7.79. The second kappa shape index (κ2) is 8.56. The Balaban J connectivity index is 1.27. The molecule has 32 heavy (non-hydrogen) atoms. The monoisotopic (exact) mass is 450 g/mol. The number of amides is 1. The lowest BCUT2D eigenvalue weighted by molar-refractivity contribution is 0.0437. The van der Waals surface area contributed by atoms with Crippen LogP contribution in [0.1, 0.15) is 36.2 Å². The minimum absolute atomic E-state index is 0.241. The highest BCUT2D eigenvalue weighted by molar-refractivity contribution is 7.80. The average Bonchev–Trinajstić information content (AvgIpc) is 3.01. The molecule has 2 aromatic rings. The first-order valence-corrected chi connectivity index (χ1v) is 11.4. The molecule has 1 amide bonds. The van der Waals surface area contributed by atoms with E-state index in [0.717, 1.165) is 31.7 Å². The second-order valence-corrected chi connectivity index (χ2v) is 9.20. The SMILES string of the molecule is CNC(=O)c1ncc(Nc2nccc(N3C[C@H]4CC[C@@H](C3)N4C3CC(C#N)C3)n2)cc1S. The Morgan fingerprint density at radius 3 is 2.62 bits per heavy atom. The van der Waals surface area contributed by atoms with E-state index in [2.05, 4.69) is 49.1 Å². The Hall–Kier alpha value is -2.90. The van der Waals surface area contributed by atoms with Gasteiger partial charge in [-0.2, -0.15) is 10.2 Å². The highest BCUT2D eigenvalue weighted by atomic mass is 32.1. The Morgan fingerprint density at radius 1 is 1.22 bits per heavy atom. The number of nitrogens with one attached hydrogen (secondary N) is 2. The fraction of sp³-hybridized carbons (Fsp3) is 0.500. The van der Waals surface area contributed by atoms with Gasteiger partial charge in [-0.3, -0.25) is 9.69 Å². The van der Waals surface area contributed by atoms with Gasteiger partial charge in [0.15, 0.2) is 0 Å². The summed E-state index contributed by atoms with van der Waals surface area (Å²) in [4.78, 5) is 30.6. The van der Waals surface area contributed by atoms with E-state index in [4.69, 9.17) is 10.2 Å². The van der Waals surface area contributed by atoms with Crippen molar-refractivity contribution in [1.82, 2.24) is 25.2 Å². The lowest BCUT2D eigenvalue weighted by atomic mass is 9.79. The van der Waals surface area contributed by atoms with E-state index < -0.39 is 0 Å². The van der Waals surface area contributed by atoms with Gasteiger partial charge in [0.05, 0.1) is 18.0 Å². The molecule has 2 saturated heterocycles. The van der Waals surface area contributed by atoms with Crippen LogP contribution < -0.4 is 15.5 Å². The van der Waals surface area contributed by atoms with Crippen LogP contribution in [0.5, 0.6) is 0 Å². The summed E-state index contributed by atoms with van der Waals surface area (Å²) in [6.45, 7) is 1.90. The number of thiol groups is 1. The van der Waals surface area contributed by atoms with Crippen LogP contribution in [-0.4, -0.2) is 64.0 Å². The van der Waals surface area contributed by atoms with Crippen molar-refractivity contribution in [3.8, 4) is 6.07 Å². The molecule has 10 heteroatoms. The molecule has 2 aromatic heterocycles. The third kappa shape index (κ3) is 3.87. The van der Waals surface area contributed by atoms with Crippen LogP contribution in [0.15, 0.2) is 29.4 Å². The number of anilines is 3. The first-order valence-electron chi connectivity index (χ1n) is 11.0. The molecular formula is C22H26N8OS. The van der Waals surface area contributed by atoms with Gasteiger partial charge in [-0.15, -0.1) is 12.6 Å². The molecule has 5 rings (SSSR count). The van der Waals surface area contributed by atoms with E-state index in [1.807, 2.05) is 6.07 Å². The number of carbonyl (C=O) groups excluding carboxylic acids is 1. The summed E-state index contributed by atoms with van der Waals surface area (Å²) in [7, 11) is 1.56. The summed E-state index contributed by atoms with van der Waals surface area (Å²) in [5, 5.41) is 14.8. The molecule has 2 atom stereocenters. The molecule has 3 aliphatic rings. The van der Waals surface area contributed by atoms with Crippen molar-refractivity contribution in [3.63, 3.8) is 0 Å². The minimum Gasteiger partial charge on any atom is -0.354 e. The van der Waals surface area contributed by atoms with Crippen molar-refractivity contribution in [2.45, 2.75) is 48.7 Å². The molecule has 0 unspecified atom stereocenters. The number of pyridine rings is 1. The summed E-state index contributed by atoms with van der Waals surface area (Å²) in [5.74, 6) is 1.35. The predicted octanol–water partition coefficient (Wildman–Crippen LogP) is 2.22. The molecule has 1 saturated carbocycles. The number of rotatable bonds is 5. The normalized spacial score (nSPS) is 26.8. The van der Waals surface area contributed by atoms with Crippen LogP contribution in [0.3, 0.4) is 0 Å². The van der Waals surface area contributed by atoms with Gasteiger partial charge in [0.1, 0.15) is 11.5 Å². The Bertz CT molecular complexity index is 1050. The standard InChI is InChI=1S/C22H26N8OS/c1-24-21(31)20-18(32)8-14(10-26-20)27-22-25-5-4-19(28-22)29-11-15-2-3-16(12-29)30(15)17-6-13(7-17)9-23/h4-5,8,10,13,15-17,32H,2-3,6-7,11-12H2,1H3,(H,24,31)(H,25,27,28)/t13?,15-,16+,17?. The lowest BCUT2D eigenvalue weighted by Gasteiger charge is -2.49. The van der Waals surface area contributed by atoms with Gasteiger partial charge in [-0.1, -0.05) is 0 Å². The number of nitriles is 1. The number of fused-ring (bicyclic) bond motifs is 2. The first kappa shape index (κ1) is 21.0. The molecule has 166 valence electrons. The maximum Gasteiger partial charge on any atom is 0.270 e. The summed E-state index contributed by atoms with van der Waals surface area (Å²) in [5.41, 5.74) is 0.943. The fourth-order valence-corrected chi connectivity index (χ4v) is 5.48. The number of carbonyl (C=O) groups is 1. The summed E-state index contributed by atoms with van der Waals surface area (Å²) >= 11 is 4.37. The van der Waals surface area contributed by atoms with Crippen molar-refractivity contribution < 1.29 is 4.79 Å². The van der Waals surface area contributed by atoms with E-state index >= 15 is 0 Å². The number of aromatic nitrogens is 3. The van der Waals surface area contributed by atoms with Crippen LogP contribution in [-0.2, 0) is 0 Å². The van der Waals surface area contributed by atoms with Crippen LogP contribution in [0.4, 0.5) is 17.5 Å². The van der Waals surface area contributed by atoms with E-state index in [9.17, 15) is 4.79 Å². The van der Waals surface area contributed by atoms with Crippen molar-refractivity contribution in [2.75, 3.05) is 30.4 Å². The van der Waals surface area contributed by atoms with Gasteiger partial charge >= 0.3 is 0 Å². The van der Waals surface area contributed by atoms with E-state index in [1.54, 1.807) is 25.5 Å². The smallest absolute Gasteiger partial charge is 0.270 e. The minimum atomic E-state index is -0.279. The molecule has 4 heterocycles. The van der Waals surface area contributed by atoms with Crippen molar-refractivity contribution in [1.29, 1.82) is 5.26 Å². The lowest BCUT2D eigenvalue weighted by Crippen LogP contribution is -2.60. The first-order chi connectivity index (χ1) is 15.6. The molecular weight excluding hydrogens is 424 g/mol. The fourth-order valence-electron chi connectivity index (χ4n) is 5.18. The van der Waals surface area contributed by atoms with Gasteiger partial charge in [-0.25, -0.2) is 9.97 Å². The molecule has 0 radical (unpaired) electrons. The van der Waals surface area contributed by atoms with Crippen LogP contribution in [0, 0.1) is 17.2 Å². The van der Waals surface area contributed by atoms with Crippen LogP contribution in [0.2, 0.25) is 0 Å². The molecule has 9 nitrogen and oxygen atoms in total. The molecule has 3 fully saturated rings. The van der Waals surface area contributed by atoms with E-state index in [-0.39, 0.29) is 17.5 Å². The maximum absolute atomic E-state index is 11.8. The molecule has 2 N–H and O–H groups in total. The number of nitrogens with zero attached hydrogens (tertiary/aromatic N) is 6. The second-order valence-electron chi connectivity index (χ2n) is 8.72. The number of hydrogen-bond donors (Lipinski definition) is 3. The van der Waals surface area contributed by atoms with Gasteiger partial charge < -0.3 is 15.5 Å². The van der Waals surface area contributed by atoms with Crippen molar-refractivity contribution in [3.05, 3.63) is 30.2 Å². The third-order valence-electron chi connectivity index (χ3n) is 6.79.